The number of pyridine rings is 1. The maximum Gasteiger partial charge on any atom is 0.163 e. The van der Waals surface area contributed by atoms with Crippen molar-refractivity contribution < 1.29 is 9.47 Å². The van der Waals surface area contributed by atoms with Crippen molar-refractivity contribution in [2.24, 2.45) is 0 Å². The number of aryl methyl sites for hydroxylation is 1. The summed E-state index contributed by atoms with van der Waals surface area (Å²) in [4.78, 5) is 10.2. The highest BCUT2D eigenvalue weighted by Crippen LogP contribution is 2.36. The molecule has 0 radical (unpaired) electrons. The van der Waals surface area contributed by atoms with Gasteiger partial charge in [-0.15, -0.1) is 11.3 Å². The van der Waals surface area contributed by atoms with Crippen LogP contribution in [0.2, 0.25) is 0 Å². The number of anilines is 1. The summed E-state index contributed by atoms with van der Waals surface area (Å²) in [6.45, 7) is 9.29. The third-order valence-electron chi connectivity index (χ3n) is 3.79. The summed E-state index contributed by atoms with van der Waals surface area (Å²) in [5.41, 5.74) is 1.88. The minimum Gasteiger partial charge on any atom is -0.490 e. The number of nitrogens with zero attached hydrogens (tertiary/aromatic N) is 2. The molecule has 2 aromatic heterocycles. The molecule has 0 aliphatic rings. The first-order valence-corrected chi connectivity index (χ1v) is 9.31. The third kappa shape index (κ3) is 3.85. The van der Waals surface area contributed by atoms with Crippen molar-refractivity contribution in [2.75, 3.05) is 18.5 Å². The van der Waals surface area contributed by atoms with E-state index >= 15 is 0 Å². The molecule has 1 aromatic carbocycles. The van der Waals surface area contributed by atoms with Gasteiger partial charge in [0.25, 0.3) is 0 Å². The number of hydrogen-bond donors (Lipinski definition) is 1. The quantitative estimate of drug-likeness (QED) is 0.647. The minimum absolute atomic E-state index is 0.117. The summed E-state index contributed by atoms with van der Waals surface area (Å²) < 4.78 is 11.5. The van der Waals surface area contributed by atoms with Crippen molar-refractivity contribution in [2.45, 2.75) is 33.7 Å². The number of aromatic nitrogens is 2. The largest absolute Gasteiger partial charge is 0.490 e. The van der Waals surface area contributed by atoms with Crippen LogP contribution in [0.3, 0.4) is 0 Å². The molecule has 0 bridgehead atoms. The molecule has 3 aromatic rings. The van der Waals surface area contributed by atoms with Crippen LogP contribution < -0.4 is 14.8 Å². The second-order valence-corrected chi connectivity index (χ2v) is 6.98. The predicted octanol–water partition coefficient (Wildman–Crippen LogP) is 4.97. The Hall–Kier alpha value is -2.34. The molecule has 3 rings (SSSR count). The predicted molar refractivity (Wildman–Crippen MR) is 103 cm³/mol. The van der Waals surface area contributed by atoms with Crippen LogP contribution in [0.25, 0.3) is 10.9 Å². The summed E-state index contributed by atoms with van der Waals surface area (Å²) in [6, 6.07) is 6.04. The Morgan fingerprint density at radius 2 is 1.84 bits per heavy atom. The van der Waals surface area contributed by atoms with Gasteiger partial charge in [-0.25, -0.2) is 4.98 Å². The maximum atomic E-state index is 5.75. The monoisotopic (exact) mass is 357 g/mol. The molecular formula is C19H23N3O2S. The van der Waals surface area contributed by atoms with Crippen LogP contribution in [0.15, 0.2) is 30.6 Å². The van der Waals surface area contributed by atoms with Crippen LogP contribution in [0.1, 0.15) is 36.7 Å². The van der Waals surface area contributed by atoms with Crippen molar-refractivity contribution >= 4 is 27.9 Å². The fraction of sp³-hybridized carbons (Fsp3) is 0.368. The van der Waals surface area contributed by atoms with Crippen LogP contribution in [0.4, 0.5) is 5.69 Å². The maximum absolute atomic E-state index is 5.75. The molecule has 5 nitrogen and oxygen atoms in total. The molecule has 0 fully saturated rings. The molecule has 25 heavy (non-hydrogen) atoms. The Morgan fingerprint density at radius 1 is 1.12 bits per heavy atom. The molecule has 0 amide bonds. The summed E-state index contributed by atoms with van der Waals surface area (Å²) in [5.74, 6) is 1.47. The zero-order chi connectivity index (χ0) is 17.8. The van der Waals surface area contributed by atoms with E-state index < -0.39 is 0 Å². The highest BCUT2D eigenvalue weighted by atomic mass is 32.1. The van der Waals surface area contributed by atoms with Gasteiger partial charge in [0.2, 0.25) is 0 Å². The van der Waals surface area contributed by atoms with E-state index in [1.54, 1.807) is 17.5 Å². The first-order valence-electron chi connectivity index (χ1n) is 8.49. The van der Waals surface area contributed by atoms with Gasteiger partial charge in [0, 0.05) is 34.4 Å². The van der Waals surface area contributed by atoms with Crippen molar-refractivity contribution in [3.8, 4) is 11.5 Å². The highest BCUT2D eigenvalue weighted by molar-refractivity contribution is 7.11. The summed E-state index contributed by atoms with van der Waals surface area (Å²) in [6.07, 6.45) is 3.71. The van der Waals surface area contributed by atoms with E-state index in [2.05, 4.69) is 29.1 Å². The molecule has 0 aliphatic heterocycles. The number of thiazole rings is 1. The number of hydrogen-bond acceptors (Lipinski definition) is 6. The fourth-order valence-corrected chi connectivity index (χ4v) is 3.46. The van der Waals surface area contributed by atoms with Crippen molar-refractivity contribution in [3.05, 3.63) is 40.5 Å². The minimum atomic E-state index is 0.117. The normalized spacial score (nSPS) is 12.2. The van der Waals surface area contributed by atoms with E-state index in [1.165, 1.54) is 4.88 Å². The first kappa shape index (κ1) is 17.5. The fourth-order valence-electron chi connectivity index (χ4n) is 2.68. The van der Waals surface area contributed by atoms with E-state index in [-0.39, 0.29) is 6.04 Å². The summed E-state index contributed by atoms with van der Waals surface area (Å²) in [7, 11) is 0. The molecule has 0 aliphatic carbocycles. The Bertz CT molecular complexity index is 863. The molecular weight excluding hydrogens is 334 g/mol. The topological polar surface area (TPSA) is 56.3 Å². The lowest BCUT2D eigenvalue weighted by Crippen LogP contribution is -2.07. The van der Waals surface area contributed by atoms with Gasteiger partial charge in [-0.1, -0.05) is 0 Å². The molecule has 1 N–H and O–H groups in total. The Labute approximate surface area is 152 Å². The summed E-state index contributed by atoms with van der Waals surface area (Å²) >= 11 is 1.71. The van der Waals surface area contributed by atoms with Crippen LogP contribution in [0.5, 0.6) is 11.5 Å². The van der Waals surface area contributed by atoms with E-state index in [0.29, 0.717) is 13.2 Å². The van der Waals surface area contributed by atoms with Gasteiger partial charge in [0.05, 0.1) is 24.8 Å². The highest BCUT2D eigenvalue weighted by Gasteiger charge is 2.14. The molecule has 0 saturated heterocycles. The van der Waals surface area contributed by atoms with Crippen LogP contribution in [0, 0.1) is 6.92 Å². The molecule has 1 unspecified atom stereocenters. The SMILES string of the molecule is CCOc1cc2nccc(NC(C)c3ncc(C)s3)c2cc1OCC. The van der Waals surface area contributed by atoms with Gasteiger partial charge in [-0.3, -0.25) is 4.98 Å². The first-order chi connectivity index (χ1) is 12.1. The molecule has 132 valence electrons. The van der Waals surface area contributed by atoms with E-state index in [4.69, 9.17) is 9.47 Å². The Kier molecular flexibility index (Phi) is 5.38. The molecule has 6 heteroatoms. The zero-order valence-corrected chi connectivity index (χ0v) is 15.8. The van der Waals surface area contributed by atoms with Gasteiger partial charge in [0.1, 0.15) is 5.01 Å². The molecule has 0 spiro atoms. The zero-order valence-electron chi connectivity index (χ0n) is 15.0. The third-order valence-corrected chi connectivity index (χ3v) is 4.88. The number of ether oxygens (including phenoxy) is 2. The van der Waals surface area contributed by atoms with Gasteiger partial charge < -0.3 is 14.8 Å². The van der Waals surface area contributed by atoms with Crippen molar-refractivity contribution in [3.63, 3.8) is 0 Å². The molecule has 1 atom stereocenters. The number of benzene rings is 1. The summed E-state index contributed by atoms with van der Waals surface area (Å²) in [5, 5.41) is 5.62. The van der Waals surface area contributed by atoms with E-state index in [1.807, 2.05) is 38.2 Å². The number of rotatable bonds is 7. The van der Waals surface area contributed by atoms with Gasteiger partial charge >= 0.3 is 0 Å². The van der Waals surface area contributed by atoms with Crippen molar-refractivity contribution in [1.82, 2.24) is 9.97 Å². The Balaban J connectivity index is 1.98. The van der Waals surface area contributed by atoms with Gasteiger partial charge in [0.15, 0.2) is 11.5 Å². The Morgan fingerprint density at radius 3 is 2.48 bits per heavy atom. The van der Waals surface area contributed by atoms with Gasteiger partial charge in [-0.05, 0) is 39.8 Å². The van der Waals surface area contributed by atoms with E-state index in [0.717, 1.165) is 33.1 Å². The van der Waals surface area contributed by atoms with Crippen LogP contribution in [-0.2, 0) is 0 Å². The lowest BCUT2D eigenvalue weighted by molar-refractivity contribution is 0.288. The number of nitrogens with one attached hydrogen (secondary N) is 1. The van der Waals surface area contributed by atoms with Crippen LogP contribution >= 0.6 is 11.3 Å². The van der Waals surface area contributed by atoms with Crippen LogP contribution in [-0.4, -0.2) is 23.2 Å². The lowest BCUT2D eigenvalue weighted by Gasteiger charge is -2.17. The molecule has 0 saturated carbocycles. The smallest absolute Gasteiger partial charge is 0.163 e. The average molecular weight is 357 g/mol. The van der Waals surface area contributed by atoms with Gasteiger partial charge in [-0.2, -0.15) is 0 Å². The van der Waals surface area contributed by atoms with Crippen molar-refractivity contribution in [1.29, 1.82) is 0 Å². The second kappa shape index (κ2) is 7.70. The lowest BCUT2D eigenvalue weighted by atomic mass is 10.1. The second-order valence-electron chi connectivity index (χ2n) is 5.72. The number of fused-ring (bicyclic) bond motifs is 1. The van der Waals surface area contributed by atoms with E-state index in [9.17, 15) is 0 Å². The standard InChI is InChI=1S/C19H23N3O2S/c1-5-23-17-9-14-15(22-13(4)19-21-11-12(3)25-19)7-8-20-16(14)10-18(17)24-6-2/h7-11,13H,5-6H2,1-4H3,(H,20,22). The average Bonchev–Trinajstić information content (AvgIpc) is 3.03. The molecule has 2 heterocycles.